The summed E-state index contributed by atoms with van der Waals surface area (Å²) in [6.45, 7) is 2.62. The fraction of sp³-hybridized carbons (Fsp3) is 0.700. The van der Waals surface area contributed by atoms with Gasteiger partial charge < -0.3 is 19.6 Å². The molecule has 4 rings (SSSR count). The summed E-state index contributed by atoms with van der Waals surface area (Å²) in [7, 11) is 1.62. The molecule has 2 saturated heterocycles. The molecule has 3 heterocycles. The Morgan fingerprint density at radius 3 is 2.69 bits per heavy atom. The Labute approximate surface area is 155 Å². The minimum atomic E-state index is -0.242. The van der Waals surface area contributed by atoms with Crippen molar-refractivity contribution in [1.82, 2.24) is 9.88 Å². The van der Waals surface area contributed by atoms with Crippen LogP contribution in [0.5, 0.6) is 5.88 Å². The summed E-state index contributed by atoms with van der Waals surface area (Å²) < 4.78 is 5.15. The lowest BCUT2D eigenvalue weighted by atomic mass is 9.78. The Kier molecular flexibility index (Phi) is 4.78. The molecule has 1 aromatic rings. The Morgan fingerprint density at radius 2 is 2.00 bits per heavy atom. The quantitative estimate of drug-likeness (QED) is 0.896. The molecule has 0 radical (unpaired) electrons. The standard InChI is InChI=1S/C20H29N3O3/c1-26-18-8-5-16(13-21-18)22-11-2-9-20(14-22)10-12-23(19(20)25)15-3-6-17(24)7-4-15/h5,8,13,15,17,24H,2-4,6-7,9-12,14H2,1H3/t15?,17?,20-/m1/s1. The van der Waals surface area contributed by atoms with E-state index in [1.165, 1.54) is 0 Å². The second kappa shape index (κ2) is 7.06. The highest BCUT2D eigenvalue weighted by atomic mass is 16.5. The van der Waals surface area contributed by atoms with Crippen LogP contribution in [0.4, 0.5) is 5.69 Å². The number of amides is 1. The number of anilines is 1. The Morgan fingerprint density at radius 1 is 1.19 bits per heavy atom. The van der Waals surface area contributed by atoms with Crippen LogP contribution >= 0.6 is 0 Å². The third-order valence-electron chi connectivity index (χ3n) is 6.52. The van der Waals surface area contributed by atoms with E-state index in [0.717, 1.165) is 70.3 Å². The number of likely N-dealkylation sites (tertiary alicyclic amines) is 1. The van der Waals surface area contributed by atoms with Gasteiger partial charge in [0.25, 0.3) is 0 Å². The highest BCUT2D eigenvalue weighted by molar-refractivity contribution is 5.86. The Bertz CT molecular complexity index is 642. The normalized spacial score (nSPS) is 32.3. The fourth-order valence-electron chi connectivity index (χ4n) is 4.98. The lowest BCUT2D eigenvalue weighted by Gasteiger charge is -2.41. The maximum absolute atomic E-state index is 13.3. The fourth-order valence-corrected chi connectivity index (χ4v) is 4.98. The van der Waals surface area contributed by atoms with Gasteiger partial charge >= 0.3 is 0 Å². The van der Waals surface area contributed by atoms with E-state index < -0.39 is 0 Å². The Balaban J connectivity index is 1.46. The molecule has 1 N–H and O–H groups in total. The molecule has 1 saturated carbocycles. The second-order valence-corrected chi connectivity index (χ2v) is 8.08. The molecular formula is C20H29N3O3. The van der Waals surface area contributed by atoms with Crippen molar-refractivity contribution in [2.45, 2.75) is 57.1 Å². The number of aliphatic hydroxyl groups is 1. The van der Waals surface area contributed by atoms with Gasteiger partial charge in [0.2, 0.25) is 11.8 Å². The predicted octanol–water partition coefficient (Wildman–Crippen LogP) is 2.21. The molecular weight excluding hydrogens is 330 g/mol. The summed E-state index contributed by atoms with van der Waals surface area (Å²) in [6, 6.07) is 4.24. The first-order valence-electron chi connectivity index (χ1n) is 9.85. The summed E-state index contributed by atoms with van der Waals surface area (Å²) >= 11 is 0. The zero-order valence-electron chi connectivity index (χ0n) is 15.6. The van der Waals surface area contributed by atoms with Crippen molar-refractivity contribution >= 4 is 11.6 Å². The van der Waals surface area contributed by atoms with Gasteiger partial charge in [0.15, 0.2) is 0 Å². The molecule has 1 amide bonds. The van der Waals surface area contributed by atoms with Gasteiger partial charge in [-0.05, 0) is 51.0 Å². The average molecular weight is 359 g/mol. The number of carbonyl (C=O) groups excluding carboxylic acids is 1. The average Bonchev–Trinajstić information content (AvgIpc) is 2.98. The van der Waals surface area contributed by atoms with Crippen LogP contribution in [0.3, 0.4) is 0 Å². The molecule has 6 nitrogen and oxygen atoms in total. The molecule has 0 unspecified atom stereocenters. The number of rotatable bonds is 3. The van der Waals surface area contributed by atoms with Gasteiger partial charge in [-0.25, -0.2) is 4.98 Å². The first-order chi connectivity index (χ1) is 12.6. The summed E-state index contributed by atoms with van der Waals surface area (Å²) in [6.07, 6.45) is 8.17. The van der Waals surface area contributed by atoms with Crippen LogP contribution in [-0.2, 0) is 4.79 Å². The van der Waals surface area contributed by atoms with Crippen LogP contribution < -0.4 is 9.64 Å². The number of pyridine rings is 1. The first-order valence-corrected chi connectivity index (χ1v) is 9.85. The largest absolute Gasteiger partial charge is 0.481 e. The van der Waals surface area contributed by atoms with E-state index in [-0.39, 0.29) is 11.5 Å². The first kappa shape index (κ1) is 17.6. The van der Waals surface area contributed by atoms with Gasteiger partial charge in [-0.15, -0.1) is 0 Å². The van der Waals surface area contributed by atoms with Crippen molar-refractivity contribution in [2.24, 2.45) is 5.41 Å². The summed E-state index contributed by atoms with van der Waals surface area (Å²) in [4.78, 5) is 22.1. The predicted molar refractivity (Wildman–Crippen MR) is 99.3 cm³/mol. The summed E-state index contributed by atoms with van der Waals surface area (Å²) in [5.41, 5.74) is 0.825. The zero-order valence-corrected chi connectivity index (χ0v) is 15.6. The van der Waals surface area contributed by atoms with E-state index in [1.807, 2.05) is 18.3 Å². The van der Waals surface area contributed by atoms with Crippen molar-refractivity contribution < 1.29 is 14.6 Å². The van der Waals surface area contributed by atoms with Crippen LogP contribution in [0.1, 0.15) is 44.9 Å². The number of ether oxygens (including phenoxy) is 1. The van der Waals surface area contributed by atoms with Crippen LogP contribution in [0, 0.1) is 5.41 Å². The van der Waals surface area contributed by atoms with E-state index in [9.17, 15) is 9.90 Å². The van der Waals surface area contributed by atoms with Gasteiger partial charge in [-0.3, -0.25) is 4.79 Å². The maximum atomic E-state index is 13.3. The number of hydrogen-bond acceptors (Lipinski definition) is 5. The minimum absolute atomic E-state index is 0.175. The zero-order chi connectivity index (χ0) is 18.1. The smallest absolute Gasteiger partial charge is 0.230 e. The van der Waals surface area contributed by atoms with E-state index in [0.29, 0.717) is 17.8 Å². The monoisotopic (exact) mass is 359 g/mol. The SMILES string of the molecule is COc1ccc(N2CCC[C@@]3(CCN(C4CCC(O)CC4)C3=O)C2)cn1. The number of piperidine rings is 1. The van der Waals surface area contributed by atoms with Gasteiger partial charge in [-0.2, -0.15) is 0 Å². The second-order valence-electron chi connectivity index (χ2n) is 8.08. The number of nitrogens with zero attached hydrogens (tertiary/aromatic N) is 3. The molecule has 142 valence electrons. The van der Waals surface area contributed by atoms with Crippen molar-refractivity contribution in [1.29, 1.82) is 0 Å². The molecule has 0 aromatic carbocycles. The van der Waals surface area contributed by atoms with E-state index in [2.05, 4.69) is 14.8 Å². The number of hydrogen-bond donors (Lipinski definition) is 1. The molecule has 3 fully saturated rings. The maximum Gasteiger partial charge on any atom is 0.230 e. The van der Waals surface area contributed by atoms with Crippen LogP contribution in [0.15, 0.2) is 18.3 Å². The van der Waals surface area contributed by atoms with Crippen molar-refractivity contribution in [3.63, 3.8) is 0 Å². The molecule has 1 aromatic heterocycles. The Hall–Kier alpha value is -1.82. The lowest BCUT2D eigenvalue weighted by molar-refractivity contribution is -0.139. The highest BCUT2D eigenvalue weighted by Gasteiger charge is 2.50. The molecule has 0 bridgehead atoms. The van der Waals surface area contributed by atoms with Crippen molar-refractivity contribution in [3.8, 4) is 5.88 Å². The van der Waals surface area contributed by atoms with E-state index >= 15 is 0 Å². The third kappa shape index (κ3) is 3.15. The molecule has 26 heavy (non-hydrogen) atoms. The molecule has 6 heteroatoms. The van der Waals surface area contributed by atoms with Crippen LogP contribution in [0.2, 0.25) is 0 Å². The van der Waals surface area contributed by atoms with Gasteiger partial charge in [0.05, 0.1) is 30.5 Å². The van der Waals surface area contributed by atoms with Crippen LogP contribution in [-0.4, -0.2) is 59.8 Å². The number of aromatic nitrogens is 1. The summed E-state index contributed by atoms with van der Waals surface area (Å²) in [5.74, 6) is 0.952. The highest BCUT2D eigenvalue weighted by Crippen LogP contribution is 2.43. The van der Waals surface area contributed by atoms with Gasteiger partial charge in [0.1, 0.15) is 0 Å². The molecule has 1 atom stereocenters. The molecule has 1 spiro atoms. The van der Waals surface area contributed by atoms with E-state index in [4.69, 9.17) is 4.74 Å². The van der Waals surface area contributed by atoms with E-state index in [1.54, 1.807) is 7.11 Å². The number of carbonyl (C=O) groups is 1. The minimum Gasteiger partial charge on any atom is -0.481 e. The van der Waals surface area contributed by atoms with Gasteiger partial charge in [-0.1, -0.05) is 0 Å². The lowest BCUT2D eigenvalue weighted by Crippen LogP contribution is -2.50. The van der Waals surface area contributed by atoms with Crippen molar-refractivity contribution in [3.05, 3.63) is 18.3 Å². The van der Waals surface area contributed by atoms with Gasteiger partial charge in [0, 0.05) is 31.7 Å². The topological polar surface area (TPSA) is 65.9 Å². The van der Waals surface area contributed by atoms with Crippen LogP contribution in [0.25, 0.3) is 0 Å². The number of methoxy groups -OCH3 is 1. The van der Waals surface area contributed by atoms with Crippen molar-refractivity contribution in [2.75, 3.05) is 31.6 Å². The number of aliphatic hydroxyl groups excluding tert-OH is 1. The summed E-state index contributed by atoms with van der Waals surface area (Å²) in [5, 5.41) is 9.75. The molecule has 2 aliphatic heterocycles. The third-order valence-corrected chi connectivity index (χ3v) is 6.52. The molecule has 3 aliphatic rings. The molecule has 1 aliphatic carbocycles.